The average molecular weight is 273 g/mol. The maximum absolute atomic E-state index is 12.0. The van der Waals surface area contributed by atoms with E-state index in [1.807, 2.05) is 24.3 Å². The Bertz CT molecular complexity index is 472. The maximum atomic E-state index is 12.0. The van der Waals surface area contributed by atoms with Crippen molar-refractivity contribution in [1.29, 1.82) is 0 Å². The van der Waals surface area contributed by atoms with Gasteiger partial charge in [-0.1, -0.05) is 0 Å². The van der Waals surface area contributed by atoms with Crippen LogP contribution in [0, 0.1) is 0 Å². The van der Waals surface area contributed by atoms with Crippen molar-refractivity contribution < 1.29 is 4.79 Å². The third-order valence-corrected chi connectivity index (χ3v) is 4.91. The van der Waals surface area contributed by atoms with E-state index in [1.165, 1.54) is 12.0 Å². The van der Waals surface area contributed by atoms with Crippen molar-refractivity contribution in [2.75, 3.05) is 20.1 Å². The highest BCUT2D eigenvalue weighted by molar-refractivity contribution is 5.77. The number of rotatable bonds is 2. The Morgan fingerprint density at radius 3 is 2.80 bits per heavy atom. The molecule has 0 bridgehead atoms. The first-order valence-electron chi connectivity index (χ1n) is 7.58. The predicted molar refractivity (Wildman–Crippen MR) is 78.1 cm³/mol. The first-order chi connectivity index (χ1) is 9.70. The Morgan fingerprint density at radius 1 is 1.25 bits per heavy atom. The fraction of sp³-hybridized carbons (Fsp3) is 0.625. The van der Waals surface area contributed by atoms with Gasteiger partial charge < -0.3 is 4.90 Å². The molecule has 2 saturated heterocycles. The summed E-state index contributed by atoms with van der Waals surface area (Å²) in [7, 11) is 2.00. The number of pyridine rings is 1. The Kier molecular flexibility index (Phi) is 3.74. The summed E-state index contributed by atoms with van der Waals surface area (Å²) in [5.74, 6) is 0.321. The molecule has 1 aromatic rings. The van der Waals surface area contributed by atoms with E-state index in [2.05, 4.69) is 22.0 Å². The van der Waals surface area contributed by atoms with E-state index in [0.717, 1.165) is 45.3 Å². The molecule has 3 rings (SSSR count). The molecule has 4 heteroatoms. The zero-order valence-electron chi connectivity index (χ0n) is 12.2. The van der Waals surface area contributed by atoms with Crippen LogP contribution < -0.4 is 0 Å². The largest absolute Gasteiger partial charge is 0.339 e. The van der Waals surface area contributed by atoms with Crippen LogP contribution in [0.1, 0.15) is 37.7 Å². The summed E-state index contributed by atoms with van der Waals surface area (Å²) < 4.78 is 0. The third-order valence-electron chi connectivity index (χ3n) is 4.91. The van der Waals surface area contributed by atoms with Gasteiger partial charge in [0.1, 0.15) is 0 Å². The summed E-state index contributed by atoms with van der Waals surface area (Å²) in [6.07, 6.45) is 8.97. The Hall–Kier alpha value is -1.42. The van der Waals surface area contributed by atoms with Crippen molar-refractivity contribution in [2.24, 2.45) is 0 Å². The quantitative estimate of drug-likeness (QED) is 0.827. The smallest absolute Gasteiger partial charge is 0.222 e. The highest BCUT2D eigenvalue weighted by Crippen LogP contribution is 2.35. The lowest BCUT2D eigenvalue weighted by molar-refractivity contribution is -0.142. The van der Waals surface area contributed by atoms with E-state index in [0.29, 0.717) is 5.91 Å². The number of carbonyl (C=O) groups excluding carboxylic acids is 1. The topological polar surface area (TPSA) is 36.4 Å². The highest BCUT2D eigenvalue weighted by Gasteiger charge is 2.42. The van der Waals surface area contributed by atoms with Gasteiger partial charge in [-0.3, -0.25) is 14.7 Å². The third kappa shape index (κ3) is 2.57. The number of likely N-dealkylation sites (N-methyl/N-ethyl adjacent to an activating group) is 1. The lowest BCUT2D eigenvalue weighted by Gasteiger charge is -2.50. The summed E-state index contributed by atoms with van der Waals surface area (Å²) in [5.41, 5.74) is 1.39. The van der Waals surface area contributed by atoms with E-state index in [1.54, 1.807) is 0 Å². The summed E-state index contributed by atoms with van der Waals surface area (Å²) >= 11 is 0. The predicted octanol–water partition coefficient (Wildman–Crippen LogP) is 2.06. The fourth-order valence-corrected chi connectivity index (χ4v) is 3.73. The molecule has 2 fully saturated rings. The van der Waals surface area contributed by atoms with Crippen molar-refractivity contribution in [1.82, 2.24) is 14.8 Å². The number of amides is 1. The van der Waals surface area contributed by atoms with Gasteiger partial charge in [-0.25, -0.2) is 0 Å². The van der Waals surface area contributed by atoms with Crippen molar-refractivity contribution in [3.8, 4) is 0 Å². The van der Waals surface area contributed by atoms with Gasteiger partial charge in [0.2, 0.25) is 5.91 Å². The number of hydrogen-bond donors (Lipinski definition) is 0. The summed E-state index contributed by atoms with van der Waals surface area (Å²) in [5, 5.41) is 0. The van der Waals surface area contributed by atoms with Crippen molar-refractivity contribution in [3.63, 3.8) is 0 Å². The molecule has 0 radical (unpaired) electrons. The number of carbonyl (C=O) groups is 1. The summed E-state index contributed by atoms with van der Waals surface area (Å²) in [6.45, 7) is 3.11. The second-order valence-corrected chi connectivity index (χ2v) is 6.20. The maximum Gasteiger partial charge on any atom is 0.222 e. The summed E-state index contributed by atoms with van der Waals surface area (Å²) in [6, 6.07) is 4.16. The van der Waals surface area contributed by atoms with Crippen molar-refractivity contribution in [3.05, 3.63) is 30.1 Å². The van der Waals surface area contributed by atoms with E-state index in [4.69, 9.17) is 0 Å². The number of aromatic nitrogens is 1. The van der Waals surface area contributed by atoms with Crippen LogP contribution in [0.4, 0.5) is 0 Å². The zero-order valence-corrected chi connectivity index (χ0v) is 12.2. The molecule has 3 heterocycles. The Labute approximate surface area is 120 Å². The molecule has 1 atom stereocenters. The van der Waals surface area contributed by atoms with Crippen LogP contribution >= 0.6 is 0 Å². The number of hydrogen-bond acceptors (Lipinski definition) is 3. The average Bonchev–Trinajstić information content (AvgIpc) is 2.46. The van der Waals surface area contributed by atoms with Crippen LogP contribution in [0.15, 0.2) is 24.5 Å². The van der Waals surface area contributed by atoms with E-state index >= 15 is 0 Å². The molecule has 1 spiro atoms. The molecule has 20 heavy (non-hydrogen) atoms. The van der Waals surface area contributed by atoms with Crippen LogP contribution in [0.2, 0.25) is 0 Å². The molecule has 4 nitrogen and oxygen atoms in total. The van der Waals surface area contributed by atoms with Crippen molar-refractivity contribution >= 4 is 5.91 Å². The van der Waals surface area contributed by atoms with Gasteiger partial charge >= 0.3 is 0 Å². The van der Waals surface area contributed by atoms with Crippen LogP contribution in [-0.2, 0) is 11.3 Å². The molecule has 0 unspecified atom stereocenters. The second-order valence-electron chi connectivity index (χ2n) is 6.20. The Balaban J connectivity index is 1.71. The molecule has 0 aliphatic carbocycles. The number of nitrogens with zero attached hydrogens (tertiary/aromatic N) is 3. The standard InChI is InChI=1S/C16H23N3O/c1-18-15(20)4-2-7-16(18)8-3-11-19(13-16)12-14-5-9-17-10-6-14/h5-6,9-10H,2-4,7-8,11-13H2,1H3/t16-/m1/s1. The molecule has 1 aromatic heterocycles. The molecule has 2 aliphatic rings. The lowest BCUT2D eigenvalue weighted by Crippen LogP contribution is -2.60. The zero-order chi connectivity index (χ0) is 14.0. The first-order valence-corrected chi connectivity index (χ1v) is 7.58. The molecule has 2 aliphatic heterocycles. The number of piperidine rings is 2. The minimum Gasteiger partial charge on any atom is -0.339 e. The van der Waals surface area contributed by atoms with Gasteiger partial charge in [0.25, 0.3) is 0 Å². The minimum atomic E-state index is 0.0839. The van der Waals surface area contributed by atoms with E-state index in [-0.39, 0.29) is 5.54 Å². The van der Waals surface area contributed by atoms with Crippen LogP contribution in [0.3, 0.4) is 0 Å². The normalized spacial score (nSPS) is 28.1. The van der Waals surface area contributed by atoms with Crippen LogP contribution in [0.25, 0.3) is 0 Å². The molecule has 0 N–H and O–H groups in total. The van der Waals surface area contributed by atoms with Crippen LogP contribution in [0.5, 0.6) is 0 Å². The monoisotopic (exact) mass is 273 g/mol. The molecule has 108 valence electrons. The molecule has 0 saturated carbocycles. The molecular weight excluding hydrogens is 250 g/mol. The van der Waals surface area contributed by atoms with Gasteiger partial charge in [-0.05, 0) is 49.9 Å². The first kappa shape index (κ1) is 13.6. The highest BCUT2D eigenvalue weighted by atomic mass is 16.2. The van der Waals surface area contributed by atoms with Crippen molar-refractivity contribution in [2.45, 2.75) is 44.2 Å². The van der Waals surface area contributed by atoms with Gasteiger partial charge in [0.15, 0.2) is 0 Å². The summed E-state index contributed by atoms with van der Waals surface area (Å²) in [4.78, 5) is 20.6. The van der Waals surface area contributed by atoms with E-state index < -0.39 is 0 Å². The SMILES string of the molecule is CN1C(=O)CCC[C@]12CCCN(Cc1ccncc1)C2. The number of likely N-dealkylation sites (tertiary alicyclic amines) is 2. The lowest BCUT2D eigenvalue weighted by atomic mass is 9.80. The molecule has 1 amide bonds. The van der Waals surface area contributed by atoms with Gasteiger partial charge in [-0.2, -0.15) is 0 Å². The van der Waals surface area contributed by atoms with Crippen LogP contribution in [-0.4, -0.2) is 46.4 Å². The Morgan fingerprint density at radius 2 is 2.00 bits per heavy atom. The molecular formula is C16H23N3O. The fourth-order valence-electron chi connectivity index (χ4n) is 3.73. The molecule has 0 aromatic carbocycles. The van der Waals surface area contributed by atoms with E-state index in [9.17, 15) is 4.79 Å². The van der Waals surface area contributed by atoms with Gasteiger partial charge in [0.05, 0.1) is 5.54 Å². The minimum absolute atomic E-state index is 0.0839. The van der Waals surface area contributed by atoms with Gasteiger partial charge in [-0.15, -0.1) is 0 Å². The second kappa shape index (κ2) is 5.52. The van der Waals surface area contributed by atoms with Gasteiger partial charge in [0, 0.05) is 39.0 Å².